The molecule has 1 aliphatic heterocycles. The van der Waals surface area contributed by atoms with Gasteiger partial charge in [0.05, 0.1) is 18.3 Å². The van der Waals surface area contributed by atoms with E-state index >= 15 is 0 Å². The fourth-order valence-electron chi connectivity index (χ4n) is 2.66. The molecule has 2 heterocycles. The molecular weight excluding hydrogens is 319 g/mol. The van der Waals surface area contributed by atoms with Gasteiger partial charge < -0.3 is 19.1 Å². The first-order chi connectivity index (χ1) is 11.5. The number of amides is 1. The molecular formula is C16H15FN2O5. The van der Waals surface area contributed by atoms with E-state index in [-0.39, 0.29) is 25.3 Å². The lowest BCUT2D eigenvalue weighted by atomic mass is 9.94. The lowest BCUT2D eigenvalue weighted by Crippen LogP contribution is -2.44. The Morgan fingerprint density at radius 3 is 2.96 bits per heavy atom. The van der Waals surface area contributed by atoms with E-state index in [4.69, 9.17) is 9.15 Å². The Morgan fingerprint density at radius 1 is 1.54 bits per heavy atom. The molecule has 0 saturated carbocycles. The van der Waals surface area contributed by atoms with Crippen LogP contribution in [-0.4, -0.2) is 33.4 Å². The van der Waals surface area contributed by atoms with E-state index in [9.17, 15) is 19.1 Å². The molecule has 0 spiro atoms. The minimum atomic E-state index is -1.19. The van der Waals surface area contributed by atoms with Crippen LogP contribution in [-0.2, 0) is 24.4 Å². The van der Waals surface area contributed by atoms with Gasteiger partial charge in [0.25, 0.3) is 0 Å². The highest BCUT2D eigenvalue weighted by molar-refractivity contribution is 5.73. The molecule has 1 aromatic heterocycles. The molecule has 0 radical (unpaired) electrons. The van der Waals surface area contributed by atoms with E-state index in [0.717, 1.165) is 4.90 Å². The van der Waals surface area contributed by atoms with Gasteiger partial charge >= 0.3 is 6.09 Å². The van der Waals surface area contributed by atoms with Crippen molar-refractivity contribution in [3.8, 4) is 5.75 Å². The molecule has 1 atom stereocenters. The predicted octanol–water partition coefficient (Wildman–Crippen LogP) is 2.30. The third-order valence-corrected chi connectivity index (χ3v) is 4.03. The molecule has 24 heavy (non-hydrogen) atoms. The Hall–Kier alpha value is -2.90. The summed E-state index contributed by atoms with van der Waals surface area (Å²) in [5, 5.41) is 9.19. The zero-order chi connectivity index (χ0) is 17.3. The maximum absolute atomic E-state index is 14.2. The fourth-order valence-corrected chi connectivity index (χ4v) is 2.66. The minimum absolute atomic E-state index is 0.000517. The third kappa shape index (κ3) is 2.94. The van der Waals surface area contributed by atoms with E-state index in [1.807, 2.05) is 0 Å². The summed E-state index contributed by atoms with van der Waals surface area (Å²) in [7, 11) is 0. The number of carbonyl (C=O) groups is 2. The second-order valence-corrected chi connectivity index (χ2v) is 5.52. The average molecular weight is 334 g/mol. The van der Waals surface area contributed by atoms with Crippen LogP contribution in [0.15, 0.2) is 22.9 Å². The summed E-state index contributed by atoms with van der Waals surface area (Å²) in [6.45, 7) is 1.77. The van der Waals surface area contributed by atoms with Crippen molar-refractivity contribution in [3.63, 3.8) is 0 Å². The average Bonchev–Trinajstić information content (AvgIpc) is 2.96. The van der Waals surface area contributed by atoms with Gasteiger partial charge in [-0.1, -0.05) is 0 Å². The summed E-state index contributed by atoms with van der Waals surface area (Å²) in [6, 6.07) is 1.94. The summed E-state index contributed by atoms with van der Waals surface area (Å²) in [4.78, 5) is 27.3. The normalized spacial score (nSPS) is 16.6. The first-order valence-electron chi connectivity index (χ1n) is 7.27. The number of oxazole rings is 1. The highest BCUT2D eigenvalue weighted by atomic mass is 19.1. The van der Waals surface area contributed by atoms with E-state index in [0.29, 0.717) is 28.9 Å². The second-order valence-electron chi connectivity index (χ2n) is 5.52. The van der Waals surface area contributed by atoms with Crippen LogP contribution in [0.4, 0.5) is 9.18 Å². The lowest BCUT2D eigenvalue weighted by molar-refractivity contribution is -0.112. The monoisotopic (exact) mass is 334 g/mol. The van der Waals surface area contributed by atoms with E-state index in [2.05, 4.69) is 4.98 Å². The van der Waals surface area contributed by atoms with E-state index in [1.54, 1.807) is 6.92 Å². The van der Waals surface area contributed by atoms with Crippen molar-refractivity contribution < 1.29 is 28.2 Å². The van der Waals surface area contributed by atoms with Crippen molar-refractivity contribution in [2.24, 2.45) is 0 Å². The maximum atomic E-state index is 14.2. The first kappa shape index (κ1) is 16.0. The quantitative estimate of drug-likeness (QED) is 0.863. The molecule has 3 rings (SSSR count). The van der Waals surface area contributed by atoms with Crippen LogP contribution in [0.25, 0.3) is 0 Å². The van der Waals surface area contributed by atoms with Crippen molar-refractivity contribution in [2.75, 3.05) is 0 Å². The summed E-state index contributed by atoms with van der Waals surface area (Å²) < 4.78 is 24.8. The molecule has 1 aliphatic rings. The van der Waals surface area contributed by atoms with Gasteiger partial charge in [0.2, 0.25) is 0 Å². The van der Waals surface area contributed by atoms with Gasteiger partial charge in [-0.3, -0.25) is 4.90 Å². The number of hydrogen-bond acceptors (Lipinski definition) is 5. The van der Waals surface area contributed by atoms with Gasteiger partial charge in [-0.25, -0.2) is 14.2 Å². The number of ether oxygens (including phenoxy) is 1. The number of carboxylic acid groups (broad SMARTS) is 1. The standard InChI is InChI=1S/C16H15FN2O5/c1-9-15(24-8-18-9)7-23-14-4-11-5-19(16(21)22)12(6-20)2-10(11)3-13(14)17/h3-4,6,8,12H,2,5,7H2,1H3,(H,21,22)/t12-/m0/s1. The molecule has 2 aromatic rings. The molecule has 1 aromatic carbocycles. The van der Waals surface area contributed by atoms with Gasteiger partial charge in [-0.05, 0) is 30.2 Å². The van der Waals surface area contributed by atoms with Crippen LogP contribution >= 0.6 is 0 Å². The number of rotatable bonds is 4. The van der Waals surface area contributed by atoms with Crippen LogP contribution in [0.5, 0.6) is 5.75 Å². The molecule has 0 saturated heterocycles. The largest absolute Gasteiger partial charge is 0.482 e. The SMILES string of the molecule is Cc1ncoc1COc1cc2c(cc1F)C[C@@H](C=O)N(C(=O)O)C2. The van der Waals surface area contributed by atoms with Gasteiger partial charge in [0.15, 0.2) is 23.7 Å². The van der Waals surface area contributed by atoms with Crippen LogP contribution in [0.2, 0.25) is 0 Å². The van der Waals surface area contributed by atoms with Gasteiger partial charge in [-0.2, -0.15) is 0 Å². The third-order valence-electron chi connectivity index (χ3n) is 4.03. The minimum Gasteiger partial charge on any atom is -0.482 e. The fraction of sp³-hybridized carbons (Fsp3) is 0.312. The first-order valence-corrected chi connectivity index (χ1v) is 7.27. The molecule has 0 fully saturated rings. The predicted molar refractivity (Wildman–Crippen MR) is 79.1 cm³/mol. The zero-order valence-corrected chi connectivity index (χ0v) is 12.9. The van der Waals surface area contributed by atoms with Crippen LogP contribution in [0.1, 0.15) is 22.6 Å². The van der Waals surface area contributed by atoms with Crippen molar-refractivity contribution in [3.05, 3.63) is 46.9 Å². The van der Waals surface area contributed by atoms with E-state index < -0.39 is 18.0 Å². The van der Waals surface area contributed by atoms with Gasteiger partial charge in [0, 0.05) is 6.42 Å². The van der Waals surface area contributed by atoms with Crippen LogP contribution in [0.3, 0.4) is 0 Å². The maximum Gasteiger partial charge on any atom is 0.408 e. The number of aromatic nitrogens is 1. The van der Waals surface area contributed by atoms with Gasteiger partial charge in [0.1, 0.15) is 12.9 Å². The summed E-state index contributed by atoms with van der Waals surface area (Å²) in [6.07, 6.45) is 0.791. The van der Waals surface area contributed by atoms with Crippen LogP contribution < -0.4 is 4.74 Å². The summed E-state index contributed by atoms with van der Waals surface area (Å²) in [5.74, 6) is -0.0842. The highest BCUT2D eigenvalue weighted by Crippen LogP contribution is 2.29. The number of fused-ring (bicyclic) bond motifs is 1. The highest BCUT2D eigenvalue weighted by Gasteiger charge is 2.30. The number of benzene rings is 1. The number of aryl methyl sites for hydroxylation is 1. The van der Waals surface area contributed by atoms with Crippen molar-refractivity contribution >= 4 is 12.4 Å². The number of halogens is 1. The van der Waals surface area contributed by atoms with Gasteiger partial charge in [-0.15, -0.1) is 0 Å². The Morgan fingerprint density at radius 2 is 2.33 bits per heavy atom. The molecule has 0 bridgehead atoms. The zero-order valence-electron chi connectivity index (χ0n) is 12.9. The summed E-state index contributed by atoms with van der Waals surface area (Å²) in [5.41, 5.74) is 1.87. The van der Waals surface area contributed by atoms with Crippen molar-refractivity contribution in [2.45, 2.75) is 32.5 Å². The number of nitrogens with zero attached hydrogens (tertiary/aromatic N) is 2. The molecule has 8 heteroatoms. The Balaban J connectivity index is 1.84. The molecule has 0 unspecified atom stereocenters. The Kier molecular flexibility index (Phi) is 4.20. The van der Waals surface area contributed by atoms with Crippen molar-refractivity contribution in [1.29, 1.82) is 0 Å². The number of hydrogen-bond donors (Lipinski definition) is 1. The van der Waals surface area contributed by atoms with Crippen LogP contribution in [0, 0.1) is 12.7 Å². The molecule has 1 amide bonds. The topological polar surface area (TPSA) is 92.9 Å². The number of carbonyl (C=O) groups excluding carboxylic acids is 1. The Bertz CT molecular complexity index is 789. The smallest absolute Gasteiger partial charge is 0.408 e. The lowest BCUT2D eigenvalue weighted by Gasteiger charge is -2.31. The molecule has 0 aliphatic carbocycles. The second kappa shape index (κ2) is 6.31. The number of aldehydes is 1. The summed E-state index contributed by atoms with van der Waals surface area (Å²) >= 11 is 0. The Labute approximate surface area is 136 Å². The molecule has 126 valence electrons. The van der Waals surface area contributed by atoms with E-state index in [1.165, 1.54) is 18.5 Å². The molecule has 7 nitrogen and oxygen atoms in total. The van der Waals surface area contributed by atoms with Crippen molar-refractivity contribution in [1.82, 2.24) is 9.88 Å². The molecule has 1 N–H and O–H groups in total.